The Morgan fingerprint density at radius 3 is 2.45 bits per heavy atom. The van der Waals surface area contributed by atoms with Gasteiger partial charge in [0.05, 0.1) is 23.6 Å². The Hall–Kier alpha value is -1.76. The number of likely N-dealkylation sites (N-methyl/N-ethyl adjacent to an activating group) is 1. The Bertz CT molecular complexity index is 546. The molecule has 0 saturated carbocycles. The van der Waals surface area contributed by atoms with Crippen molar-refractivity contribution in [2.24, 2.45) is 5.84 Å². The van der Waals surface area contributed by atoms with E-state index in [9.17, 15) is 0 Å². The van der Waals surface area contributed by atoms with Crippen LogP contribution >= 0.6 is 0 Å². The number of benzene rings is 1. The second-order valence-electron chi connectivity index (χ2n) is 5.55. The van der Waals surface area contributed by atoms with E-state index in [4.69, 9.17) is 5.84 Å². The monoisotopic (exact) mass is 274 g/mol. The van der Waals surface area contributed by atoms with Crippen molar-refractivity contribution in [3.63, 3.8) is 0 Å². The lowest BCUT2D eigenvalue weighted by atomic mass is 9.91. The number of rotatable bonds is 5. The van der Waals surface area contributed by atoms with E-state index < -0.39 is 0 Å². The fraction of sp³-hybridized carbons (Fsp3) is 0.429. The third-order valence-electron chi connectivity index (χ3n) is 3.90. The molecule has 0 radical (unpaired) electrons. The Kier molecular flexibility index (Phi) is 4.17. The van der Waals surface area contributed by atoms with Crippen LogP contribution in [0.3, 0.4) is 0 Å². The van der Waals surface area contributed by atoms with Gasteiger partial charge in [-0.1, -0.05) is 23.4 Å². The van der Waals surface area contributed by atoms with Crippen LogP contribution in [0.4, 0.5) is 0 Å². The highest BCUT2D eigenvalue weighted by molar-refractivity contribution is 5.32. The van der Waals surface area contributed by atoms with Gasteiger partial charge in [0.1, 0.15) is 0 Å². The molecule has 2 aromatic rings. The topological polar surface area (TPSA) is 72.0 Å². The zero-order valence-electron chi connectivity index (χ0n) is 12.4. The van der Waals surface area contributed by atoms with Crippen molar-refractivity contribution >= 4 is 0 Å². The van der Waals surface area contributed by atoms with Gasteiger partial charge in [0.25, 0.3) is 0 Å². The van der Waals surface area contributed by atoms with Crippen molar-refractivity contribution in [1.29, 1.82) is 0 Å². The van der Waals surface area contributed by atoms with E-state index in [1.54, 1.807) is 6.20 Å². The van der Waals surface area contributed by atoms with Crippen LogP contribution in [0.1, 0.15) is 25.6 Å². The second-order valence-corrected chi connectivity index (χ2v) is 5.55. The predicted octanol–water partition coefficient (Wildman–Crippen LogP) is 1.11. The van der Waals surface area contributed by atoms with Gasteiger partial charge < -0.3 is 4.90 Å². The third kappa shape index (κ3) is 2.58. The number of nitrogens with zero attached hydrogens (tertiary/aromatic N) is 4. The Morgan fingerprint density at radius 2 is 1.90 bits per heavy atom. The van der Waals surface area contributed by atoms with Crippen LogP contribution in [0, 0.1) is 0 Å². The lowest BCUT2D eigenvalue weighted by molar-refractivity contribution is 0.134. The molecule has 20 heavy (non-hydrogen) atoms. The van der Waals surface area contributed by atoms with Crippen molar-refractivity contribution in [2.75, 3.05) is 14.1 Å². The van der Waals surface area contributed by atoms with E-state index in [-0.39, 0.29) is 11.6 Å². The van der Waals surface area contributed by atoms with Crippen molar-refractivity contribution in [1.82, 2.24) is 25.3 Å². The minimum atomic E-state index is -0.191. The maximum absolute atomic E-state index is 5.79. The van der Waals surface area contributed by atoms with E-state index in [2.05, 4.69) is 34.5 Å². The lowest BCUT2D eigenvalue weighted by Gasteiger charge is -2.39. The highest BCUT2D eigenvalue weighted by Crippen LogP contribution is 2.29. The SMILES string of the molecule is CN(C)C(C)(C)C(NN)c1cnnn1-c1ccccc1. The van der Waals surface area contributed by atoms with Crippen molar-refractivity contribution in [2.45, 2.75) is 25.4 Å². The summed E-state index contributed by atoms with van der Waals surface area (Å²) in [7, 11) is 4.06. The molecule has 6 heteroatoms. The molecule has 0 aliphatic rings. The van der Waals surface area contributed by atoms with Gasteiger partial charge in [0.2, 0.25) is 0 Å². The Balaban J connectivity index is 2.45. The maximum Gasteiger partial charge on any atom is 0.0847 e. The third-order valence-corrected chi connectivity index (χ3v) is 3.90. The van der Waals surface area contributed by atoms with Crippen LogP contribution in [-0.2, 0) is 0 Å². The molecule has 1 heterocycles. The molecule has 1 atom stereocenters. The van der Waals surface area contributed by atoms with Crippen LogP contribution in [0.2, 0.25) is 0 Å². The van der Waals surface area contributed by atoms with Gasteiger partial charge in [-0.15, -0.1) is 5.10 Å². The predicted molar refractivity (Wildman–Crippen MR) is 79.2 cm³/mol. The number of para-hydroxylation sites is 1. The summed E-state index contributed by atoms with van der Waals surface area (Å²) in [5.41, 5.74) is 4.60. The zero-order chi connectivity index (χ0) is 14.8. The number of hydrogen-bond acceptors (Lipinski definition) is 5. The summed E-state index contributed by atoms with van der Waals surface area (Å²) < 4.78 is 1.82. The molecular weight excluding hydrogens is 252 g/mol. The number of hydrogen-bond donors (Lipinski definition) is 2. The molecule has 0 fully saturated rings. The molecule has 0 spiro atoms. The first-order valence-electron chi connectivity index (χ1n) is 6.58. The first kappa shape index (κ1) is 14.6. The molecule has 1 aromatic heterocycles. The molecule has 0 bridgehead atoms. The Labute approximate surface area is 119 Å². The molecule has 1 aromatic carbocycles. The van der Waals surface area contributed by atoms with E-state index >= 15 is 0 Å². The average Bonchev–Trinajstić information content (AvgIpc) is 2.89. The molecule has 0 amide bonds. The minimum absolute atomic E-state index is 0.104. The maximum atomic E-state index is 5.79. The van der Waals surface area contributed by atoms with Gasteiger partial charge in [-0.05, 0) is 40.1 Å². The number of hydrazine groups is 1. The molecule has 0 aliphatic carbocycles. The minimum Gasteiger partial charge on any atom is -0.302 e. The Morgan fingerprint density at radius 1 is 1.25 bits per heavy atom. The van der Waals surface area contributed by atoms with Gasteiger partial charge >= 0.3 is 0 Å². The molecule has 1 unspecified atom stereocenters. The largest absolute Gasteiger partial charge is 0.302 e. The van der Waals surface area contributed by atoms with Crippen LogP contribution in [0.15, 0.2) is 36.5 Å². The normalized spacial score (nSPS) is 13.7. The highest BCUT2D eigenvalue weighted by atomic mass is 15.4. The molecule has 6 nitrogen and oxygen atoms in total. The van der Waals surface area contributed by atoms with E-state index in [1.807, 2.05) is 49.1 Å². The fourth-order valence-corrected chi connectivity index (χ4v) is 2.12. The first-order valence-corrected chi connectivity index (χ1v) is 6.58. The van der Waals surface area contributed by atoms with Crippen molar-refractivity contribution in [3.8, 4) is 5.69 Å². The molecule has 0 aliphatic heterocycles. The summed E-state index contributed by atoms with van der Waals surface area (Å²) in [5, 5.41) is 8.22. The quantitative estimate of drug-likeness (QED) is 0.631. The molecule has 0 saturated heterocycles. The van der Waals surface area contributed by atoms with E-state index in [0.29, 0.717) is 0 Å². The number of nitrogens with two attached hydrogens (primary N) is 1. The van der Waals surface area contributed by atoms with Gasteiger partial charge in [0.15, 0.2) is 0 Å². The van der Waals surface area contributed by atoms with Crippen molar-refractivity contribution < 1.29 is 0 Å². The molecule has 2 rings (SSSR count). The van der Waals surface area contributed by atoms with E-state index in [0.717, 1.165) is 11.4 Å². The van der Waals surface area contributed by atoms with Crippen LogP contribution in [-0.4, -0.2) is 39.5 Å². The molecular formula is C14H22N6. The highest BCUT2D eigenvalue weighted by Gasteiger charge is 2.34. The zero-order valence-corrected chi connectivity index (χ0v) is 12.4. The summed E-state index contributed by atoms with van der Waals surface area (Å²) in [5.74, 6) is 5.79. The van der Waals surface area contributed by atoms with Crippen LogP contribution < -0.4 is 11.3 Å². The standard InChI is InChI=1S/C14H22N6/c1-14(2,19(3)4)13(17-15)12-10-16-18-20(12)11-8-6-5-7-9-11/h5-10,13,17H,15H2,1-4H3. The number of aromatic nitrogens is 3. The van der Waals surface area contributed by atoms with Crippen molar-refractivity contribution in [3.05, 3.63) is 42.2 Å². The van der Waals surface area contributed by atoms with Gasteiger partial charge in [-0.2, -0.15) is 0 Å². The second kappa shape index (κ2) is 5.70. The van der Waals surface area contributed by atoms with E-state index in [1.165, 1.54) is 0 Å². The summed E-state index contributed by atoms with van der Waals surface area (Å²) in [6, 6.07) is 9.81. The summed E-state index contributed by atoms with van der Waals surface area (Å²) in [6.45, 7) is 4.25. The average molecular weight is 274 g/mol. The fourth-order valence-electron chi connectivity index (χ4n) is 2.12. The van der Waals surface area contributed by atoms with Gasteiger partial charge in [-0.3, -0.25) is 5.84 Å². The van der Waals surface area contributed by atoms with Crippen LogP contribution in [0.25, 0.3) is 5.69 Å². The number of nitrogens with one attached hydrogen (secondary N) is 1. The van der Waals surface area contributed by atoms with Crippen LogP contribution in [0.5, 0.6) is 0 Å². The first-order chi connectivity index (χ1) is 9.48. The summed E-state index contributed by atoms with van der Waals surface area (Å²) >= 11 is 0. The lowest BCUT2D eigenvalue weighted by Crippen LogP contribution is -2.51. The van der Waals surface area contributed by atoms with Gasteiger partial charge in [-0.25, -0.2) is 10.1 Å². The molecule has 3 N–H and O–H groups in total. The smallest absolute Gasteiger partial charge is 0.0847 e. The summed E-state index contributed by atoms with van der Waals surface area (Å²) in [4.78, 5) is 2.12. The molecule has 108 valence electrons. The summed E-state index contributed by atoms with van der Waals surface area (Å²) in [6.07, 6.45) is 1.75. The van der Waals surface area contributed by atoms with Gasteiger partial charge in [0, 0.05) is 5.54 Å².